The second kappa shape index (κ2) is 6.16. The van der Waals surface area contributed by atoms with E-state index in [1.807, 2.05) is 6.07 Å². The molecule has 1 heterocycles. The van der Waals surface area contributed by atoms with E-state index in [-0.39, 0.29) is 5.75 Å². The Labute approximate surface area is 149 Å². The summed E-state index contributed by atoms with van der Waals surface area (Å²) in [5, 5.41) is 9.51. The number of alkyl halides is 3. The summed E-state index contributed by atoms with van der Waals surface area (Å²) in [5.74, 6) is 0.609. The van der Waals surface area contributed by atoms with Gasteiger partial charge in [0, 0.05) is 11.1 Å². The molecule has 1 aromatic heterocycles. The number of nitrogens with zero attached hydrogens (tertiary/aromatic N) is 1. The average molecular weight is 355 g/mol. The summed E-state index contributed by atoms with van der Waals surface area (Å²) in [7, 11) is 0. The zero-order valence-electron chi connectivity index (χ0n) is 13.8. The summed E-state index contributed by atoms with van der Waals surface area (Å²) in [6.07, 6.45) is -2.20. The van der Waals surface area contributed by atoms with Crippen molar-refractivity contribution in [1.29, 1.82) is 0 Å². The molecule has 0 saturated heterocycles. The van der Waals surface area contributed by atoms with E-state index in [9.17, 15) is 18.3 Å². The van der Waals surface area contributed by atoms with Gasteiger partial charge in [0.05, 0.1) is 17.0 Å². The lowest BCUT2D eigenvalue weighted by atomic mass is 9.99. The van der Waals surface area contributed by atoms with Gasteiger partial charge in [-0.3, -0.25) is 0 Å². The summed E-state index contributed by atoms with van der Waals surface area (Å²) in [4.78, 5) is 4.68. The van der Waals surface area contributed by atoms with Gasteiger partial charge >= 0.3 is 6.18 Å². The van der Waals surface area contributed by atoms with Gasteiger partial charge in [-0.25, -0.2) is 4.98 Å². The van der Waals surface area contributed by atoms with Crippen LogP contribution in [0.4, 0.5) is 13.2 Å². The third-order valence-corrected chi connectivity index (χ3v) is 4.57. The number of hydrogen-bond donors (Lipinski definition) is 1. The van der Waals surface area contributed by atoms with E-state index >= 15 is 0 Å². The molecule has 0 unspecified atom stereocenters. The SMILES string of the molecule is Oc1ccc(-c2nc(-c3cccc(C(F)(F)F)c3)ccc2C2CC2)cc1. The van der Waals surface area contributed by atoms with Gasteiger partial charge in [0.15, 0.2) is 0 Å². The zero-order chi connectivity index (χ0) is 18.3. The first-order chi connectivity index (χ1) is 12.4. The van der Waals surface area contributed by atoms with Crippen molar-refractivity contribution in [2.45, 2.75) is 24.9 Å². The minimum Gasteiger partial charge on any atom is -0.508 e. The Balaban J connectivity index is 1.81. The van der Waals surface area contributed by atoms with Crippen LogP contribution in [0, 0.1) is 0 Å². The number of pyridine rings is 1. The molecule has 2 aromatic carbocycles. The average Bonchev–Trinajstić information content (AvgIpc) is 3.46. The summed E-state index contributed by atoms with van der Waals surface area (Å²) in [6, 6.07) is 15.7. The number of rotatable bonds is 3. The van der Waals surface area contributed by atoms with Crippen molar-refractivity contribution in [2.24, 2.45) is 0 Å². The Morgan fingerprint density at radius 1 is 0.885 bits per heavy atom. The molecule has 1 saturated carbocycles. The zero-order valence-corrected chi connectivity index (χ0v) is 13.8. The van der Waals surface area contributed by atoms with Gasteiger partial charge < -0.3 is 5.11 Å². The van der Waals surface area contributed by atoms with E-state index in [4.69, 9.17) is 0 Å². The van der Waals surface area contributed by atoms with Crippen LogP contribution in [0.5, 0.6) is 5.75 Å². The highest BCUT2D eigenvalue weighted by atomic mass is 19.4. The number of phenolic OH excluding ortho intramolecular Hbond substituents is 1. The Hall–Kier alpha value is -2.82. The summed E-state index contributed by atoms with van der Waals surface area (Å²) >= 11 is 0. The molecule has 0 bridgehead atoms. The Bertz CT molecular complexity index is 944. The molecule has 1 fully saturated rings. The molecule has 0 radical (unpaired) electrons. The smallest absolute Gasteiger partial charge is 0.416 e. The van der Waals surface area contributed by atoms with E-state index in [1.165, 1.54) is 6.07 Å². The molecule has 2 nitrogen and oxygen atoms in total. The predicted octanol–water partition coefficient (Wildman–Crippen LogP) is 6.02. The van der Waals surface area contributed by atoms with Crippen LogP contribution in [0.25, 0.3) is 22.5 Å². The normalized spacial score (nSPS) is 14.4. The fourth-order valence-electron chi connectivity index (χ4n) is 3.06. The van der Waals surface area contributed by atoms with Crippen molar-refractivity contribution in [3.05, 3.63) is 71.8 Å². The van der Waals surface area contributed by atoms with E-state index in [0.29, 0.717) is 17.2 Å². The number of phenols is 1. The highest BCUT2D eigenvalue weighted by Crippen LogP contribution is 2.44. The molecule has 1 aliphatic rings. The van der Waals surface area contributed by atoms with E-state index in [2.05, 4.69) is 4.98 Å². The number of benzene rings is 2. The van der Waals surface area contributed by atoms with Crippen molar-refractivity contribution in [1.82, 2.24) is 4.98 Å². The molecule has 0 amide bonds. The van der Waals surface area contributed by atoms with Crippen LogP contribution in [-0.4, -0.2) is 10.1 Å². The molecule has 3 aromatic rings. The largest absolute Gasteiger partial charge is 0.508 e. The predicted molar refractivity (Wildman–Crippen MR) is 93.8 cm³/mol. The standard InChI is InChI=1S/C21H16F3NO/c22-21(23,24)16-3-1-2-15(12-16)19-11-10-18(13-4-5-13)20(25-19)14-6-8-17(26)9-7-14/h1-3,6-13,26H,4-5H2. The maximum Gasteiger partial charge on any atom is 0.416 e. The highest BCUT2D eigenvalue weighted by Gasteiger charge is 2.31. The minimum atomic E-state index is -4.39. The second-order valence-corrected chi connectivity index (χ2v) is 6.53. The van der Waals surface area contributed by atoms with Crippen molar-refractivity contribution >= 4 is 0 Å². The number of hydrogen-bond acceptors (Lipinski definition) is 2. The van der Waals surface area contributed by atoms with E-state index in [1.54, 1.807) is 36.4 Å². The van der Waals surface area contributed by atoms with Crippen LogP contribution in [0.1, 0.15) is 29.9 Å². The van der Waals surface area contributed by atoms with Gasteiger partial charge in [-0.15, -0.1) is 0 Å². The molecular weight excluding hydrogens is 339 g/mol. The minimum absolute atomic E-state index is 0.163. The van der Waals surface area contributed by atoms with Crippen LogP contribution in [0.3, 0.4) is 0 Å². The van der Waals surface area contributed by atoms with Crippen LogP contribution >= 0.6 is 0 Å². The molecule has 0 aliphatic heterocycles. The van der Waals surface area contributed by atoms with Crippen LogP contribution < -0.4 is 0 Å². The van der Waals surface area contributed by atoms with E-state index in [0.717, 1.165) is 41.8 Å². The molecule has 132 valence electrons. The van der Waals surface area contributed by atoms with Gasteiger partial charge in [-0.1, -0.05) is 18.2 Å². The van der Waals surface area contributed by atoms with Gasteiger partial charge in [0.1, 0.15) is 5.75 Å². The highest BCUT2D eigenvalue weighted by molar-refractivity contribution is 5.70. The van der Waals surface area contributed by atoms with E-state index < -0.39 is 11.7 Å². The Morgan fingerprint density at radius 2 is 1.62 bits per heavy atom. The second-order valence-electron chi connectivity index (χ2n) is 6.53. The fourth-order valence-corrected chi connectivity index (χ4v) is 3.06. The molecule has 1 N–H and O–H groups in total. The molecule has 4 rings (SSSR count). The molecular formula is C21H16F3NO. The topological polar surface area (TPSA) is 33.1 Å². The summed E-state index contributed by atoms with van der Waals surface area (Å²) in [6.45, 7) is 0. The fraction of sp³-hybridized carbons (Fsp3) is 0.190. The van der Waals surface area contributed by atoms with Crippen molar-refractivity contribution in [2.75, 3.05) is 0 Å². The van der Waals surface area contributed by atoms with Crippen LogP contribution in [-0.2, 0) is 6.18 Å². The third kappa shape index (κ3) is 3.29. The maximum atomic E-state index is 13.0. The lowest BCUT2D eigenvalue weighted by Crippen LogP contribution is -2.04. The Morgan fingerprint density at radius 3 is 2.27 bits per heavy atom. The van der Waals surface area contributed by atoms with Crippen molar-refractivity contribution in [3.63, 3.8) is 0 Å². The lowest BCUT2D eigenvalue weighted by molar-refractivity contribution is -0.137. The van der Waals surface area contributed by atoms with Crippen LogP contribution in [0.2, 0.25) is 0 Å². The van der Waals surface area contributed by atoms with Gasteiger partial charge in [-0.05, 0) is 66.8 Å². The first kappa shape index (κ1) is 16.6. The quantitative estimate of drug-likeness (QED) is 0.623. The molecule has 0 atom stereocenters. The summed E-state index contributed by atoms with van der Waals surface area (Å²) in [5.41, 5.74) is 2.97. The molecule has 0 spiro atoms. The third-order valence-electron chi connectivity index (χ3n) is 4.57. The van der Waals surface area contributed by atoms with Gasteiger partial charge in [0.2, 0.25) is 0 Å². The Kier molecular flexibility index (Phi) is 3.94. The first-order valence-electron chi connectivity index (χ1n) is 8.40. The van der Waals surface area contributed by atoms with Crippen LogP contribution in [0.15, 0.2) is 60.7 Å². The molecule has 26 heavy (non-hydrogen) atoms. The van der Waals surface area contributed by atoms with Crippen molar-refractivity contribution in [3.8, 4) is 28.3 Å². The molecule has 5 heteroatoms. The first-order valence-corrected chi connectivity index (χ1v) is 8.40. The van der Waals surface area contributed by atoms with Gasteiger partial charge in [0.25, 0.3) is 0 Å². The number of aromatic hydroxyl groups is 1. The van der Waals surface area contributed by atoms with Gasteiger partial charge in [-0.2, -0.15) is 13.2 Å². The van der Waals surface area contributed by atoms with Crippen molar-refractivity contribution < 1.29 is 18.3 Å². The maximum absolute atomic E-state index is 13.0. The summed E-state index contributed by atoms with van der Waals surface area (Å²) < 4.78 is 39.0. The number of halogens is 3. The molecule has 1 aliphatic carbocycles. The number of aromatic nitrogens is 1. The monoisotopic (exact) mass is 355 g/mol. The lowest BCUT2D eigenvalue weighted by Gasteiger charge is -2.12.